The lowest BCUT2D eigenvalue weighted by Crippen LogP contribution is -2.09. The molecule has 1 heterocycles. The number of carbonyl (C=O) groups is 1. The molecule has 0 saturated heterocycles. The lowest BCUT2D eigenvalue weighted by Gasteiger charge is -2.17. The van der Waals surface area contributed by atoms with Gasteiger partial charge in [0.05, 0.1) is 20.1 Å². The quantitative estimate of drug-likeness (QED) is 0.769. The molecule has 26 heavy (non-hydrogen) atoms. The molecule has 0 saturated carbocycles. The number of ether oxygens (including phenoxy) is 3. The fourth-order valence-corrected chi connectivity index (χ4v) is 3.91. The minimum atomic E-state index is -0.282. The third-order valence-corrected chi connectivity index (χ3v) is 5.30. The van der Waals surface area contributed by atoms with Crippen molar-refractivity contribution in [3.63, 3.8) is 0 Å². The third kappa shape index (κ3) is 2.91. The lowest BCUT2D eigenvalue weighted by molar-refractivity contribution is -0.141. The highest BCUT2D eigenvalue weighted by Gasteiger charge is 2.30. The molecule has 2 aromatic carbocycles. The van der Waals surface area contributed by atoms with E-state index in [1.54, 1.807) is 0 Å². The van der Waals surface area contributed by atoms with Gasteiger partial charge in [-0.15, -0.1) is 0 Å². The summed E-state index contributed by atoms with van der Waals surface area (Å²) >= 11 is 0. The minimum absolute atomic E-state index is 0.00111. The van der Waals surface area contributed by atoms with Gasteiger partial charge in [-0.1, -0.05) is 12.1 Å². The van der Waals surface area contributed by atoms with E-state index in [1.807, 2.05) is 31.2 Å². The molecule has 1 aliphatic carbocycles. The van der Waals surface area contributed by atoms with E-state index in [9.17, 15) is 9.18 Å². The molecule has 0 aromatic heterocycles. The summed E-state index contributed by atoms with van der Waals surface area (Å²) in [5.41, 5.74) is 3.83. The van der Waals surface area contributed by atoms with Crippen LogP contribution in [0, 0.1) is 12.7 Å². The number of aryl methyl sites for hydroxylation is 1. The van der Waals surface area contributed by atoms with Crippen molar-refractivity contribution < 1.29 is 23.4 Å². The summed E-state index contributed by atoms with van der Waals surface area (Å²) in [5, 5.41) is 0. The maximum absolute atomic E-state index is 14.3. The zero-order valence-corrected chi connectivity index (χ0v) is 14.9. The van der Waals surface area contributed by atoms with Crippen LogP contribution in [0.4, 0.5) is 4.39 Å². The van der Waals surface area contributed by atoms with Gasteiger partial charge in [-0.2, -0.15) is 0 Å². The number of hydrogen-bond donors (Lipinski definition) is 0. The number of rotatable bonds is 4. The van der Waals surface area contributed by atoms with Crippen molar-refractivity contribution in [3.8, 4) is 11.5 Å². The van der Waals surface area contributed by atoms with Crippen LogP contribution >= 0.6 is 0 Å². The van der Waals surface area contributed by atoms with Gasteiger partial charge in [-0.3, -0.25) is 4.79 Å². The van der Waals surface area contributed by atoms with Crippen LogP contribution in [0.3, 0.4) is 0 Å². The molecular weight excluding hydrogens is 335 g/mol. The first-order valence-electron chi connectivity index (χ1n) is 8.85. The smallest absolute Gasteiger partial charge is 0.306 e. The SMILES string of the molecule is COC(=O)CC1COc2cc(OC3CCc4c(C)ccc(F)c43)ccc21. The van der Waals surface area contributed by atoms with Crippen LogP contribution in [0.2, 0.25) is 0 Å². The van der Waals surface area contributed by atoms with Crippen LogP contribution in [-0.2, 0) is 16.0 Å². The van der Waals surface area contributed by atoms with Crippen LogP contribution < -0.4 is 9.47 Å². The molecule has 0 bridgehead atoms. The number of hydrogen-bond acceptors (Lipinski definition) is 4. The molecule has 2 unspecified atom stereocenters. The third-order valence-electron chi connectivity index (χ3n) is 5.30. The summed E-state index contributed by atoms with van der Waals surface area (Å²) < 4.78 is 30.8. The molecule has 0 radical (unpaired) electrons. The summed E-state index contributed by atoms with van der Waals surface area (Å²) in [6.07, 6.45) is 1.60. The van der Waals surface area contributed by atoms with Crippen LogP contribution in [-0.4, -0.2) is 19.7 Å². The second kappa shape index (κ2) is 6.63. The molecule has 4 rings (SSSR count). The number of esters is 1. The van der Waals surface area contributed by atoms with Crippen molar-refractivity contribution in [2.45, 2.75) is 38.2 Å². The van der Waals surface area contributed by atoms with Gasteiger partial charge >= 0.3 is 5.97 Å². The first kappa shape index (κ1) is 16.9. The highest BCUT2D eigenvalue weighted by molar-refractivity contribution is 5.71. The molecule has 136 valence electrons. The first-order valence-corrected chi connectivity index (χ1v) is 8.85. The fourth-order valence-electron chi connectivity index (χ4n) is 3.91. The number of fused-ring (bicyclic) bond motifs is 2. The van der Waals surface area contributed by atoms with Gasteiger partial charge in [0, 0.05) is 23.1 Å². The van der Waals surface area contributed by atoms with E-state index in [0.717, 1.165) is 35.3 Å². The topological polar surface area (TPSA) is 44.8 Å². The Morgan fingerprint density at radius 1 is 1.31 bits per heavy atom. The van der Waals surface area contributed by atoms with E-state index < -0.39 is 0 Å². The average Bonchev–Trinajstić information content (AvgIpc) is 3.23. The van der Waals surface area contributed by atoms with E-state index in [0.29, 0.717) is 24.3 Å². The predicted octanol–water partition coefficient (Wildman–Crippen LogP) is 4.24. The second-order valence-corrected chi connectivity index (χ2v) is 6.89. The van der Waals surface area contributed by atoms with Crippen LogP contribution in [0.1, 0.15) is 47.1 Å². The fraction of sp³-hybridized carbons (Fsp3) is 0.381. The van der Waals surface area contributed by atoms with Crippen LogP contribution in [0.5, 0.6) is 11.5 Å². The van der Waals surface area contributed by atoms with Crippen molar-refractivity contribution in [2.75, 3.05) is 13.7 Å². The largest absolute Gasteiger partial charge is 0.492 e. The average molecular weight is 356 g/mol. The molecule has 2 aliphatic rings. The number of halogens is 1. The van der Waals surface area contributed by atoms with Gasteiger partial charge in [0.1, 0.15) is 23.4 Å². The number of carbonyl (C=O) groups excluding carboxylic acids is 1. The van der Waals surface area contributed by atoms with Crippen molar-refractivity contribution >= 4 is 5.97 Å². The highest BCUT2D eigenvalue weighted by Crippen LogP contribution is 2.42. The summed E-state index contributed by atoms with van der Waals surface area (Å²) in [7, 11) is 1.39. The molecule has 0 amide bonds. The molecule has 5 heteroatoms. The van der Waals surface area contributed by atoms with Crippen LogP contribution in [0.25, 0.3) is 0 Å². The summed E-state index contributed by atoms with van der Waals surface area (Å²) in [6.45, 7) is 2.46. The normalized spacial score (nSPS) is 20.3. The van der Waals surface area contributed by atoms with E-state index >= 15 is 0 Å². The molecule has 0 N–H and O–H groups in total. The molecule has 2 atom stereocenters. The summed E-state index contributed by atoms with van der Waals surface area (Å²) in [5.74, 6) is 0.920. The van der Waals surface area contributed by atoms with Crippen LogP contribution in [0.15, 0.2) is 30.3 Å². The van der Waals surface area contributed by atoms with E-state index in [2.05, 4.69) is 0 Å². The standard InChI is InChI=1S/C21H21FO4/c1-12-3-7-17(22)21-15(12)6-8-18(21)26-14-4-5-16-13(9-20(23)24-2)11-25-19(16)10-14/h3-5,7,10,13,18H,6,8-9,11H2,1-2H3. The van der Waals surface area contributed by atoms with E-state index in [4.69, 9.17) is 14.2 Å². The van der Waals surface area contributed by atoms with Crippen molar-refractivity contribution in [3.05, 3.63) is 58.4 Å². The monoisotopic (exact) mass is 356 g/mol. The Bertz CT molecular complexity index is 861. The zero-order chi connectivity index (χ0) is 18.3. The maximum Gasteiger partial charge on any atom is 0.306 e. The first-order chi connectivity index (χ1) is 12.6. The van der Waals surface area contributed by atoms with Crippen molar-refractivity contribution in [1.29, 1.82) is 0 Å². The molecule has 2 aromatic rings. The summed E-state index contributed by atoms with van der Waals surface area (Å²) in [4.78, 5) is 11.5. The minimum Gasteiger partial charge on any atom is -0.492 e. The lowest BCUT2D eigenvalue weighted by atomic mass is 9.98. The van der Waals surface area contributed by atoms with Crippen molar-refractivity contribution in [1.82, 2.24) is 0 Å². The number of methoxy groups -OCH3 is 1. The van der Waals surface area contributed by atoms with Crippen molar-refractivity contribution in [2.24, 2.45) is 0 Å². The molecular formula is C21H21FO4. The highest BCUT2D eigenvalue weighted by atomic mass is 19.1. The Labute approximate surface area is 151 Å². The molecule has 0 spiro atoms. The van der Waals surface area contributed by atoms with E-state index in [-0.39, 0.29) is 23.8 Å². The molecule has 0 fully saturated rings. The van der Waals surface area contributed by atoms with Gasteiger partial charge in [0.25, 0.3) is 0 Å². The maximum atomic E-state index is 14.3. The Morgan fingerprint density at radius 2 is 2.15 bits per heavy atom. The zero-order valence-electron chi connectivity index (χ0n) is 14.9. The predicted molar refractivity (Wildman–Crippen MR) is 94.1 cm³/mol. The van der Waals surface area contributed by atoms with E-state index in [1.165, 1.54) is 13.2 Å². The Hall–Kier alpha value is -2.56. The molecule has 1 aliphatic heterocycles. The van der Waals surface area contributed by atoms with Gasteiger partial charge < -0.3 is 14.2 Å². The van der Waals surface area contributed by atoms with Gasteiger partial charge in [0.2, 0.25) is 0 Å². The molecule has 4 nitrogen and oxygen atoms in total. The Morgan fingerprint density at radius 3 is 2.96 bits per heavy atom. The van der Waals surface area contributed by atoms with Gasteiger partial charge in [-0.05, 0) is 43.0 Å². The Balaban J connectivity index is 1.54. The number of benzene rings is 2. The van der Waals surface area contributed by atoms with Gasteiger partial charge in [-0.25, -0.2) is 4.39 Å². The Kier molecular flexibility index (Phi) is 4.31. The summed E-state index contributed by atoms with van der Waals surface area (Å²) in [6, 6.07) is 8.95. The second-order valence-electron chi connectivity index (χ2n) is 6.89. The van der Waals surface area contributed by atoms with Gasteiger partial charge in [0.15, 0.2) is 0 Å².